The Balaban J connectivity index is 1.28. The summed E-state index contributed by atoms with van der Waals surface area (Å²) in [6.07, 6.45) is 4.39. The van der Waals surface area contributed by atoms with Gasteiger partial charge in [-0.15, -0.1) is 0 Å². The fourth-order valence-corrected chi connectivity index (χ4v) is 5.46. The van der Waals surface area contributed by atoms with Crippen molar-refractivity contribution in [2.45, 2.75) is 90.2 Å². The molecule has 0 spiro atoms. The average Bonchev–Trinajstić information content (AvgIpc) is 2.84. The van der Waals surface area contributed by atoms with Crippen LogP contribution >= 0.6 is 0 Å². The summed E-state index contributed by atoms with van der Waals surface area (Å²) in [5.74, 6) is -0.375. The first kappa shape index (κ1) is 26.9. The molecular formula is C31H39NO5. The third kappa shape index (κ3) is 7.43. The van der Waals surface area contributed by atoms with Gasteiger partial charge in [-0.3, -0.25) is 9.59 Å². The lowest BCUT2D eigenvalue weighted by atomic mass is 9.85. The third-order valence-electron chi connectivity index (χ3n) is 7.66. The van der Waals surface area contributed by atoms with Gasteiger partial charge in [0.1, 0.15) is 11.9 Å². The zero-order chi connectivity index (χ0) is 26.6. The molecule has 1 amide bonds. The molecule has 6 nitrogen and oxygen atoms in total. The van der Waals surface area contributed by atoms with Crippen molar-refractivity contribution < 1.29 is 24.2 Å². The van der Waals surface area contributed by atoms with Crippen LogP contribution in [0.3, 0.4) is 0 Å². The molecule has 1 aliphatic carbocycles. The average molecular weight is 506 g/mol. The number of Topliss-reactive ketones (excluding diaryl/α,β-unsaturated/α-hetero) is 1. The number of carboxylic acids is 1. The number of nitrogens with zero attached hydrogens (tertiary/aromatic N) is 1. The number of fused-ring (bicyclic) bond motifs is 1. The molecule has 4 rings (SSSR count). The highest BCUT2D eigenvalue weighted by molar-refractivity contribution is 5.83. The number of ether oxygens (including phenoxy) is 1. The molecule has 0 bridgehead atoms. The molecule has 2 aromatic rings. The molecule has 2 aromatic carbocycles. The van der Waals surface area contributed by atoms with E-state index < -0.39 is 5.97 Å². The Labute approximate surface area is 220 Å². The number of carbonyl (C=O) groups excluding carboxylic acids is 2. The van der Waals surface area contributed by atoms with Crippen molar-refractivity contribution in [3.05, 3.63) is 70.3 Å². The van der Waals surface area contributed by atoms with Gasteiger partial charge in [-0.25, -0.2) is 4.79 Å². The Morgan fingerprint density at radius 2 is 1.65 bits per heavy atom. The van der Waals surface area contributed by atoms with E-state index in [0.717, 1.165) is 48.8 Å². The minimum absolute atomic E-state index is 0.0548. The number of amides is 1. The lowest BCUT2D eigenvalue weighted by Crippen LogP contribution is -2.39. The molecular weight excluding hydrogens is 466 g/mol. The van der Waals surface area contributed by atoms with Gasteiger partial charge in [0.2, 0.25) is 0 Å². The van der Waals surface area contributed by atoms with Crippen LogP contribution in [0.25, 0.3) is 0 Å². The predicted octanol–water partition coefficient (Wildman–Crippen LogP) is 5.87. The van der Waals surface area contributed by atoms with Crippen LogP contribution in [0.2, 0.25) is 0 Å². The van der Waals surface area contributed by atoms with Crippen LogP contribution in [0.1, 0.15) is 80.7 Å². The van der Waals surface area contributed by atoms with Gasteiger partial charge in [-0.05, 0) is 71.3 Å². The Bertz CT molecular complexity index is 1140. The Morgan fingerprint density at radius 1 is 0.946 bits per heavy atom. The summed E-state index contributed by atoms with van der Waals surface area (Å²) in [6.45, 7) is 7.64. The van der Waals surface area contributed by atoms with Gasteiger partial charge >= 0.3 is 12.1 Å². The molecule has 1 N–H and O–H groups in total. The van der Waals surface area contributed by atoms with E-state index in [9.17, 15) is 14.4 Å². The normalized spacial score (nSPS) is 19.7. The highest BCUT2D eigenvalue weighted by Gasteiger charge is 2.28. The molecule has 0 unspecified atom stereocenters. The van der Waals surface area contributed by atoms with E-state index in [-0.39, 0.29) is 35.7 Å². The van der Waals surface area contributed by atoms with Crippen molar-refractivity contribution in [2.24, 2.45) is 5.92 Å². The smallest absolute Gasteiger partial charge is 0.410 e. The van der Waals surface area contributed by atoms with Crippen LogP contribution < -0.4 is 0 Å². The number of carboxylic acid groups (broad SMARTS) is 1. The van der Waals surface area contributed by atoms with E-state index >= 15 is 0 Å². The highest BCUT2D eigenvalue weighted by Crippen LogP contribution is 2.30. The van der Waals surface area contributed by atoms with Gasteiger partial charge < -0.3 is 14.7 Å². The van der Waals surface area contributed by atoms with Crippen molar-refractivity contribution in [3.63, 3.8) is 0 Å². The Morgan fingerprint density at radius 3 is 2.32 bits per heavy atom. The quantitative estimate of drug-likeness (QED) is 0.509. The van der Waals surface area contributed by atoms with E-state index in [1.54, 1.807) is 4.90 Å². The molecule has 0 aromatic heterocycles. The standard InChI is InChI=1S/C31H39NO5/c1-31(2,3)26-6-4-5-22(16-26)17-27(33)18-23-7-10-25-20-32(14-13-24(25)15-23)30(36)37-28-11-8-21(9-12-28)19-29(34)35/h4-7,10,15-16,21,28H,8-9,11-14,17-20H2,1-3H3,(H,34,35). The minimum atomic E-state index is -0.758. The lowest BCUT2D eigenvalue weighted by molar-refractivity contribution is -0.138. The predicted molar refractivity (Wildman–Crippen MR) is 143 cm³/mol. The number of ketones is 1. The maximum absolute atomic E-state index is 12.8. The van der Waals surface area contributed by atoms with Gasteiger partial charge in [-0.2, -0.15) is 0 Å². The molecule has 1 aliphatic heterocycles. The van der Waals surface area contributed by atoms with Crippen LogP contribution in [0, 0.1) is 5.92 Å². The topological polar surface area (TPSA) is 83.9 Å². The van der Waals surface area contributed by atoms with Crippen LogP contribution in [0.5, 0.6) is 0 Å². The third-order valence-corrected chi connectivity index (χ3v) is 7.66. The van der Waals surface area contributed by atoms with Crippen molar-refractivity contribution in [1.82, 2.24) is 4.90 Å². The van der Waals surface area contributed by atoms with E-state index in [0.29, 0.717) is 25.9 Å². The molecule has 0 atom stereocenters. The molecule has 37 heavy (non-hydrogen) atoms. The van der Waals surface area contributed by atoms with Crippen LogP contribution in [-0.2, 0) is 45.5 Å². The summed E-state index contributed by atoms with van der Waals surface area (Å²) in [5, 5.41) is 8.97. The second-order valence-corrected chi connectivity index (χ2v) is 11.7. The second kappa shape index (κ2) is 11.5. The van der Waals surface area contributed by atoms with Gasteiger partial charge in [-0.1, -0.05) is 63.2 Å². The SMILES string of the molecule is CC(C)(C)c1cccc(CC(=O)Cc2ccc3c(c2)CCN(C(=O)OC2CCC(CC(=O)O)CC2)C3)c1. The molecule has 1 saturated carbocycles. The number of aliphatic carboxylic acids is 1. The van der Waals surface area contributed by atoms with Crippen molar-refractivity contribution in [3.8, 4) is 0 Å². The zero-order valence-corrected chi connectivity index (χ0v) is 22.3. The number of benzene rings is 2. The first-order chi connectivity index (χ1) is 17.6. The molecule has 1 fully saturated rings. The van der Waals surface area contributed by atoms with Gasteiger partial charge in [0.05, 0.1) is 0 Å². The highest BCUT2D eigenvalue weighted by atomic mass is 16.6. The molecule has 0 radical (unpaired) electrons. The van der Waals surface area contributed by atoms with E-state index in [2.05, 4.69) is 39.0 Å². The molecule has 0 saturated heterocycles. The van der Waals surface area contributed by atoms with Crippen molar-refractivity contribution in [2.75, 3.05) is 6.54 Å². The minimum Gasteiger partial charge on any atom is -0.481 e. The largest absolute Gasteiger partial charge is 0.481 e. The van der Waals surface area contributed by atoms with E-state index in [4.69, 9.17) is 9.84 Å². The summed E-state index contributed by atoms with van der Waals surface area (Å²) in [4.78, 5) is 38.3. The van der Waals surface area contributed by atoms with Crippen LogP contribution in [0.4, 0.5) is 4.79 Å². The number of carbonyl (C=O) groups is 3. The Hall–Kier alpha value is -3.15. The number of rotatable bonds is 7. The summed E-state index contributed by atoms with van der Waals surface area (Å²) in [5.41, 5.74) is 5.66. The maximum atomic E-state index is 12.8. The van der Waals surface area contributed by atoms with Gasteiger partial charge in [0.15, 0.2) is 0 Å². The van der Waals surface area contributed by atoms with Crippen molar-refractivity contribution >= 4 is 17.8 Å². The molecule has 2 aliphatic rings. The van der Waals surface area contributed by atoms with Crippen LogP contribution in [-0.4, -0.2) is 40.5 Å². The lowest BCUT2D eigenvalue weighted by Gasteiger charge is -2.32. The van der Waals surface area contributed by atoms with E-state index in [1.165, 1.54) is 11.1 Å². The van der Waals surface area contributed by atoms with Gasteiger partial charge in [0, 0.05) is 32.4 Å². The second-order valence-electron chi connectivity index (χ2n) is 11.7. The van der Waals surface area contributed by atoms with Crippen molar-refractivity contribution in [1.29, 1.82) is 0 Å². The summed E-state index contributed by atoms with van der Waals surface area (Å²) in [6, 6.07) is 14.5. The fraction of sp³-hybridized carbons (Fsp3) is 0.516. The Kier molecular flexibility index (Phi) is 8.35. The first-order valence-electron chi connectivity index (χ1n) is 13.5. The summed E-state index contributed by atoms with van der Waals surface area (Å²) in [7, 11) is 0. The molecule has 6 heteroatoms. The first-order valence-corrected chi connectivity index (χ1v) is 13.5. The summed E-state index contributed by atoms with van der Waals surface area (Å²) < 4.78 is 5.76. The molecule has 198 valence electrons. The number of hydrogen-bond donors (Lipinski definition) is 1. The zero-order valence-electron chi connectivity index (χ0n) is 22.3. The van der Waals surface area contributed by atoms with Gasteiger partial charge in [0.25, 0.3) is 0 Å². The molecule has 1 heterocycles. The fourth-order valence-electron chi connectivity index (χ4n) is 5.46. The number of hydrogen-bond acceptors (Lipinski definition) is 4. The monoisotopic (exact) mass is 505 g/mol. The van der Waals surface area contributed by atoms with Crippen LogP contribution in [0.15, 0.2) is 42.5 Å². The summed E-state index contributed by atoms with van der Waals surface area (Å²) >= 11 is 0. The van der Waals surface area contributed by atoms with E-state index in [1.807, 2.05) is 24.3 Å². The maximum Gasteiger partial charge on any atom is 0.410 e.